The molecular formula is C24H26N2O4. The van der Waals surface area contributed by atoms with Crippen LogP contribution >= 0.6 is 0 Å². The zero-order valence-corrected chi connectivity index (χ0v) is 17.1. The molecule has 4 rings (SSSR count). The molecule has 1 amide bonds. The number of benzene rings is 2. The summed E-state index contributed by atoms with van der Waals surface area (Å²) in [6, 6.07) is 17.3. The van der Waals surface area contributed by atoms with Crippen molar-refractivity contribution in [1.29, 1.82) is 0 Å². The summed E-state index contributed by atoms with van der Waals surface area (Å²) < 4.78 is 11.3. The molecule has 1 aliphatic rings. The topological polar surface area (TPSA) is 71.8 Å². The monoisotopic (exact) mass is 406 g/mol. The van der Waals surface area contributed by atoms with Gasteiger partial charge < -0.3 is 14.5 Å². The van der Waals surface area contributed by atoms with Gasteiger partial charge in [0.25, 0.3) is 0 Å². The molecule has 1 saturated heterocycles. The molecule has 1 unspecified atom stereocenters. The van der Waals surface area contributed by atoms with Gasteiger partial charge in [0, 0.05) is 56.4 Å². The maximum absolute atomic E-state index is 12.2. The molecule has 6 nitrogen and oxygen atoms in total. The van der Waals surface area contributed by atoms with Gasteiger partial charge in [-0.05, 0) is 36.1 Å². The summed E-state index contributed by atoms with van der Waals surface area (Å²) in [5, 5.41) is 3.60. The van der Waals surface area contributed by atoms with Gasteiger partial charge in [-0.1, -0.05) is 30.3 Å². The lowest BCUT2D eigenvalue weighted by atomic mass is 10.1. The molecule has 1 N–H and O–H groups in total. The Morgan fingerprint density at radius 3 is 2.70 bits per heavy atom. The highest BCUT2D eigenvalue weighted by Crippen LogP contribution is 2.24. The number of ether oxygens (including phenoxy) is 1. The van der Waals surface area contributed by atoms with Crippen LogP contribution < -0.4 is 10.9 Å². The van der Waals surface area contributed by atoms with Crippen LogP contribution in [0.3, 0.4) is 0 Å². The summed E-state index contributed by atoms with van der Waals surface area (Å²) in [5.41, 5.74) is 2.81. The van der Waals surface area contributed by atoms with Crippen molar-refractivity contribution in [2.75, 3.05) is 18.5 Å². The van der Waals surface area contributed by atoms with E-state index in [-0.39, 0.29) is 12.0 Å². The summed E-state index contributed by atoms with van der Waals surface area (Å²) in [6.07, 6.45) is 2.36. The van der Waals surface area contributed by atoms with E-state index in [9.17, 15) is 9.59 Å². The Hall–Kier alpha value is -2.96. The molecule has 3 aromatic rings. The predicted octanol–water partition coefficient (Wildman–Crippen LogP) is 3.93. The van der Waals surface area contributed by atoms with E-state index in [2.05, 4.69) is 22.3 Å². The van der Waals surface area contributed by atoms with Gasteiger partial charge in [-0.25, -0.2) is 4.79 Å². The molecule has 1 aromatic heterocycles. The minimum atomic E-state index is -0.394. The van der Waals surface area contributed by atoms with Crippen molar-refractivity contribution in [1.82, 2.24) is 4.90 Å². The van der Waals surface area contributed by atoms with Gasteiger partial charge in [0.2, 0.25) is 5.91 Å². The first-order chi connectivity index (χ1) is 14.6. The van der Waals surface area contributed by atoms with Gasteiger partial charge in [-0.2, -0.15) is 0 Å². The van der Waals surface area contributed by atoms with Crippen LogP contribution in [0.1, 0.15) is 30.9 Å². The first-order valence-electron chi connectivity index (χ1n) is 10.3. The van der Waals surface area contributed by atoms with Crippen LogP contribution in [-0.2, 0) is 22.6 Å². The molecule has 0 saturated carbocycles. The number of carbonyl (C=O) groups is 1. The number of anilines is 1. The van der Waals surface area contributed by atoms with Crippen molar-refractivity contribution in [2.45, 2.75) is 39.0 Å². The number of amides is 1. The van der Waals surface area contributed by atoms with Crippen LogP contribution in [0.5, 0.6) is 0 Å². The molecule has 30 heavy (non-hydrogen) atoms. The van der Waals surface area contributed by atoms with E-state index in [0.717, 1.165) is 43.5 Å². The average molecular weight is 406 g/mol. The van der Waals surface area contributed by atoms with Crippen LogP contribution in [0, 0.1) is 0 Å². The van der Waals surface area contributed by atoms with Gasteiger partial charge in [-0.15, -0.1) is 0 Å². The van der Waals surface area contributed by atoms with Crippen LogP contribution in [0.25, 0.3) is 11.0 Å². The van der Waals surface area contributed by atoms with E-state index < -0.39 is 5.63 Å². The number of nitrogens with one attached hydrogen (secondary N) is 1. The molecule has 156 valence electrons. The van der Waals surface area contributed by atoms with Gasteiger partial charge in [0.15, 0.2) is 0 Å². The van der Waals surface area contributed by atoms with Crippen molar-refractivity contribution in [3.63, 3.8) is 0 Å². The standard InChI is InChI=1S/C24H26N2O4/c1-17(27)25-20-9-10-22-19(12-24(28)30-23(22)13-20)15-26(16-21-8-5-11-29-21)14-18-6-3-2-4-7-18/h2-4,6-7,9-10,12-13,21H,5,8,11,14-16H2,1H3,(H,25,27). The fourth-order valence-corrected chi connectivity index (χ4v) is 3.99. The van der Waals surface area contributed by atoms with Crippen molar-refractivity contribution in [3.05, 3.63) is 76.1 Å². The van der Waals surface area contributed by atoms with E-state index >= 15 is 0 Å². The number of hydrogen-bond donors (Lipinski definition) is 1. The maximum Gasteiger partial charge on any atom is 0.336 e. The molecule has 2 heterocycles. The molecular weight excluding hydrogens is 380 g/mol. The molecule has 1 atom stereocenters. The minimum Gasteiger partial charge on any atom is -0.423 e. The summed E-state index contributed by atoms with van der Waals surface area (Å²) in [7, 11) is 0. The maximum atomic E-state index is 12.2. The van der Waals surface area contributed by atoms with Crippen molar-refractivity contribution < 1.29 is 13.9 Å². The molecule has 1 fully saturated rings. The summed E-state index contributed by atoms with van der Waals surface area (Å²) in [4.78, 5) is 25.9. The van der Waals surface area contributed by atoms with E-state index in [1.165, 1.54) is 12.5 Å². The SMILES string of the molecule is CC(=O)Nc1ccc2c(CN(Cc3ccccc3)CC3CCCO3)cc(=O)oc2c1. The average Bonchev–Trinajstić information content (AvgIpc) is 3.21. The second kappa shape index (κ2) is 9.24. The van der Waals surface area contributed by atoms with Gasteiger partial charge in [0.05, 0.1) is 6.10 Å². The Bertz CT molecular complexity index is 1070. The van der Waals surface area contributed by atoms with Crippen LogP contribution in [0.15, 0.2) is 63.8 Å². The Morgan fingerprint density at radius 2 is 1.97 bits per heavy atom. The molecule has 0 aliphatic carbocycles. The van der Waals surface area contributed by atoms with E-state index in [1.54, 1.807) is 12.1 Å². The lowest BCUT2D eigenvalue weighted by Crippen LogP contribution is -2.31. The van der Waals surface area contributed by atoms with E-state index in [0.29, 0.717) is 17.8 Å². The van der Waals surface area contributed by atoms with Crippen LogP contribution in [0.4, 0.5) is 5.69 Å². The number of nitrogens with zero attached hydrogens (tertiary/aromatic N) is 1. The molecule has 2 aromatic carbocycles. The third kappa shape index (κ3) is 5.14. The van der Waals surface area contributed by atoms with Crippen LogP contribution in [-0.4, -0.2) is 30.1 Å². The van der Waals surface area contributed by atoms with Crippen molar-refractivity contribution in [3.8, 4) is 0 Å². The first-order valence-corrected chi connectivity index (χ1v) is 10.3. The third-order valence-electron chi connectivity index (χ3n) is 5.28. The van der Waals surface area contributed by atoms with Gasteiger partial charge in [-0.3, -0.25) is 9.69 Å². The lowest BCUT2D eigenvalue weighted by molar-refractivity contribution is -0.114. The number of carbonyl (C=O) groups excluding carboxylic acids is 1. The predicted molar refractivity (Wildman–Crippen MR) is 116 cm³/mol. The Morgan fingerprint density at radius 1 is 1.13 bits per heavy atom. The molecule has 0 radical (unpaired) electrons. The number of fused-ring (bicyclic) bond motifs is 1. The van der Waals surface area contributed by atoms with E-state index in [1.807, 2.05) is 30.3 Å². The number of hydrogen-bond acceptors (Lipinski definition) is 5. The smallest absolute Gasteiger partial charge is 0.336 e. The minimum absolute atomic E-state index is 0.168. The van der Waals surface area contributed by atoms with Crippen molar-refractivity contribution in [2.24, 2.45) is 0 Å². The molecule has 0 spiro atoms. The van der Waals surface area contributed by atoms with Crippen LogP contribution in [0.2, 0.25) is 0 Å². The Balaban J connectivity index is 1.63. The second-order valence-electron chi connectivity index (χ2n) is 7.77. The highest BCUT2D eigenvalue weighted by Gasteiger charge is 2.20. The summed E-state index contributed by atoms with van der Waals surface area (Å²) in [6.45, 7) is 4.44. The molecule has 0 bridgehead atoms. The van der Waals surface area contributed by atoms with Gasteiger partial charge in [0.1, 0.15) is 5.58 Å². The largest absolute Gasteiger partial charge is 0.423 e. The quantitative estimate of drug-likeness (QED) is 0.602. The normalized spacial score (nSPS) is 16.3. The van der Waals surface area contributed by atoms with Crippen molar-refractivity contribution >= 4 is 22.6 Å². The van der Waals surface area contributed by atoms with Gasteiger partial charge >= 0.3 is 5.63 Å². The zero-order chi connectivity index (χ0) is 20.9. The number of rotatable bonds is 7. The summed E-state index contributed by atoms with van der Waals surface area (Å²) in [5.74, 6) is -0.168. The summed E-state index contributed by atoms with van der Waals surface area (Å²) >= 11 is 0. The molecule has 1 aliphatic heterocycles. The van der Waals surface area contributed by atoms with E-state index in [4.69, 9.17) is 9.15 Å². The fraction of sp³-hybridized carbons (Fsp3) is 0.333. The molecule has 6 heteroatoms. The zero-order valence-electron chi connectivity index (χ0n) is 17.1. The lowest BCUT2D eigenvalue weighted by Gasteiger charge is -2.26. The second-order valence-corrected chi connectivity index (χ2v) is 7.77. The fourth-order valence-electron chi connectivity index (χ4n) is 3.99. The highest BCUT2D eigenvalue weighted by molar-refractivity contribution is 5.92. The first kappa shape index (κ1) is 20.3. The third-order valence-corrected chi connectivity index (χ3v) is 5.28. The Kier molecular flexibility index (Phi) is 6.26. The Labute approximate surface area is 175 Å². The highest BCUT2D eigenvalue weighted by atomic mass is 16.5.